The molecule has 1 N–H and O–H groups in total. The molecule has 1 aromatic rings. The van der Waals surface area contributed by atoms with Crippen LogP contribution >= 0.6 is 0 Å². The SMILES string of the molecule is Cc1nn(C)cc1CNC1CCOC1. The molecule has 0 saturated carbocycles. The van der Waals surface area contributed by atoms with Gasteiger partial charge in [0, 0.05) is 38.0 Å². The van der Waals surface area contributed by atoms with E-state index in [0.717, 1.165) is 31.9 Å². The molecule has 78 valence electrons. The quantitative estimate of drug-likeness (QED) is 0.768. The summed E-state index contributed by atoms with van der Waals surface area (Å²) >= 11 is 0. The number of aromatic nitrogens is 2. The fourth-order valence-electron chi connectivity index (χ4n) is 1.77. The molecule has 1 aromatic heterocycles. The number of ether oxygens (including phenoxy) is 1. The monoisotopic (exact) mass is 195 g/mol. The number of hydrogen-bond donors (Lipinski definition) is 1. The average Bonchev–Trinajstić information content (AvgIpc) is 2.72. The highest BCUT2D eigenvalue weighted by Gasteiger charge is 2.15. The minimum atomic E-state index is 0.523. The standard InChI is InChI=1S/C10H17N3O/c1-8-9(6-13(2)12-8)5-11-10-3-4-14-7-10/h6,10-11H,3-5,7H2,1-2H3. The van der Waals surface area contributed by atoms with Crippen molar-refractivity contribution in [3.63, 3.8) is 0 Å². The van der Waals surface area contributed by atoms with Crippen LogP contribution in [0.4, 0.5) is 0 Å². The van der Waals surface area contributed by atoms with E-state index in [1.54, 1.807) is 0 Å². The molecule has 0 radical (unpaired) electrons. The summed E-state index contributed by atoms with van der Waals surface area (Å²) in [4.78, 5) is 0. The number of hydrogen-bond acceptors (Lipinski definition) is 3. The Balaban J connectivity index is 1.87. The van der Waals surface area contributed by atoms with E-state index < -0.39 is 0 Å². The molecule has 1 aliphatic heterocycles. The Morgan fingerprint density at radius 3 is 3.14 bits per heavy atom. The lowest BCUT2D eigenvalue weighted by Gasteiger charge is -2.09. The van der Waals surface area contributed by atoms with Crippen LogP contribution in [0.15, 0.2) is 6.20 Å². The maximum Gasteiger partial charge on any atom is 0.0638 e. The highest BCUT2D eigenvalue weighted by Crippen LogP contribution is 2.07. The molecule has 4 heteroatoms. The predicted octanol–water partition coefficient (Wildman–Crippen LogP) is 0.607. The Kier molecular flexibility index (Phi) is 2.84. The van der Waals surface area contributed by atoms with Crippen molar-refractivity contribution in [3.05, 3.63) is 17.5 Å². The highest BCUT2D eigenvalue weighted by molar-refractivity contribution is 5.14. The third-order valence-electron chi connectivity index (χ3n) is 2.63. The van der Waals surface area contributed by atoms with Crippen LogP contribution in [-0.2, 0) is 18.3 Å². The van der Waals surface area contributed by atoms with Gasteiger partial charge in [-0.25, -0.2) is 0 Å². The van der Waals surface area contributed by atoms with Gasteiger partial charge in [0.05, 0.1) is 12.3 Å². The van der Waals surface area contributed by atoms with Gasteiger partial charge in [0.25, 0.3) is 0 Å². The van der Waals surface area contributed by atoms with E-state index in [-0.39, 0.29) is 0 Å². The van der Waals surface area contributed by atoms with Gasteiger partial charge in [-0.1, -0.05) is 0 Å². The summed E-state index contributed by atoms with van der Waals surface area (Å²) in [6.07, 6.45) is 3.19. The van der Waals surface area contributed by atoms with Crippen molar-refractivity contribution < 1.29 is 4.74 Å². The number of aryl methyl sites for hydroxylation is 2. The highest BCUT2D eigenvalue weighted by atomic mass is 16.5. The van der Waals surface area contributed by atoms with E-state index in [0.29, 0.717) is 6.04 Å². The van der Waals surface area contributed by atoms with Crippen LogP contribution in [0.2, 0.25) is 0 Å². The van der Waals surface area contributed by atoms with Crippen molar-refractivity contribution in [3.8, 4) is 0 Å². The van der Waals surface area contributed by atoms with Crippen LogP contribution in [0.1, 0.15) is 17.7 Å². The van der Waals surface area contributed by atoms with Crippen molar-refractivity contribution in [1.82, 2.24) is 15.1 Å². The number of rotatable bonds is 3. The van der Waals surface area contributed by atoms with Gasteiger partial charge in [0.1, 0.15) is 0 Å². The predicted molar refractivity (Wildman–Crippen MR) is 54.0 cm³/mol. The van der Waals surface area contributed by atoms with Gasteiger partial charge in [0.2, 0.25) is 0 Å². The average molecular weight is 195 g/mol. The van der Waals surface area contributed by atoms with Crippen molar-refractivity contribution in [2.75, 3.05) is 13.2 Å². The Hall–Kier alpha value is -0.870. The molecule has 0 aliphatic carbocycles. The smallest absolute Gasteiger partial charge is 0.0638 e. The van der Waals surface area contributed by atoms with Crippen LogP contribution < -0.4 is 5.32 Å². The summed E-state index contributed by atoms with van der Waals surface area (Å²) in [6.45, 7) is 4.68. The molecular formula is C10H17N3O. The molecule has 0 amide bonds. The zero-order valence-electron chi connectivity index (χ0n) is 8.79. The lowest BCUT2D eigenvalue weighted by molar-refractivity contribution is 0.190. The molecular weight excluding hydrogens is 178 g/mol. The molecule has 2 rings (SSSR count). The second-order valence-electron chi connectivity index (χ2n) is 3.85. The van der Waals surface area contributed by atoms with Gasteiger partial charge in [0.15, 0.2) is 0 Å². The summed E-state index contributed by atoms with van der Waals surface area (Å²) in [5.74, 6) is 0. The van der Waals surface area contributed by atoms with Gasteiger partial charge in [-0.05, 0) is 13.3 Å². The van der Waals surface area contributed by atoms with E-state index in [1.807, 2.05) is 18.7 Å². The van der Waals surface area contributed by atoms with E-state index in [9.17, 15) is 0 Å². The van der Waals surface area contributed by atoms with Crippen LogP contribution in [0.3, 0.4) is 0 Å². The van der Waals surface area contributed by atoms with Crippen molar-refractivity contribution in [2.45, 2.75) is 25.9 Å². The molecule has 1 fully saturated rings. The third-order valence-corrected chi connectivity index (χ3v) is 2.63. The third kappa shape index (κ3) is 2.13. The summed E-state index contributed by atoms with van der Waals surface area (Å²) in [5, 5.41) is 7.78. The van der Waals surface area contributed by atoms with E-state index >= 15 is 0 Å². The minimum absolute atomic E-state index is 0.523. The van der Waals surface area contributed by atoms with Crippen LogP contribution in [-0.4, -0.2) is 29.0 Å². The summed E-state index contributed by atoms with van der Waals surface area (Å²) in [7, 11) is 1.95. The Labute approximate surface area is 84.3 Å². The normalized spacial score (nSPS) is 21.7. The molecule has 0 aromatic carbocycles. The largest absolute Gasteiger partial charge is 0.380 e. The number of nitrogens with zero attached hydrogens (tertiary/aromatic N) is 2. The second kappa shape index (κ2) is 4.11. The molecule has 1 aliphatic rings. The van der Waals surface area contributed by atoms with Gasteiger partial charge >= 0.3 is 0 Å². The first-order valence-electron chi connectivity index (χ1n) is 5.06. The minimum Gasteiger partial charge on any atom is -0.380 e. The van der Waals surface area contributed by atoms with Gasteiger partial charge < -0.3 is 10.1 Å². The summed E-state index contributed by atoms with van der Waals surface area (Å²) in [6, 6.07) is 0.523. The van der Waals surface area contributed by atoms with Crippen molar-refractivity contribution in [1.29, 1.82) is 0 Å². The summed E-state index contributed by atoms with van der Waals surface area (Å²) < 4.78 is 7.16. The Bertz CT molecular complexity index is 302. The topological polar surface area (TPSA) is 39.1 Å². The zero-order valence-corrected chi connectivity index (χ0v) is 8.79. The van der Waals surface area contributed by atoms with Crippen LogP contribution in [0.5, 0.6) is 0 Å². The lowest BCUT2D eigenvalue weighted by Crippen LogP contribution is -2.28. The Morgan fingerprint density at radius 2 is 2.57 bits per heavy atom. The molecule has 14 heavy (non-hydrogen) atoms. The number of nitrogens with one attached hydrogen (secondary N) is 1. The van der Waals surface area contributed by atoms with Gasteiger partial charge in [-0.15, -0.1) is 0 Å². The van der Waals surface area contributed by atoms with Crippen molar-refractivity contribution >= 4 is 0 Å². The lowest BCUT2D eigenvalue weighted by atomic mass is 10.2. The molecule has 0 bridgehead atoms. The van der Waals surface area contributed by atoms with Gasteiger partial charge in [-0.3, -0.25) is 4.68 Å². The first kappa shape index (κ1) is 9.68. The molecule has 2 heterocycles. The van der Waals surface area contributed by atoms with E-state index in [1.165, 1.54) is 5.56 Å². The Morgan fingerprint density at radius 1 is 1.71 bits per heavy atom. The van der Waals surface area contributed by atoms with E-state index in [2.05, 4.69) is 16.6 Å². The fourth-order valence-corrected chi connectivity index (χ4v) is 1.77. The molecule has 1 unspecified atom stereocenters. The fraction of sp³-hybridized carbons (Fsp3) is 0.700. The van der Waals surface area contributed by atoms with Crippen molar-refractivity contribution in [2.24, 2.45) is 7.05 Å². The zero-order chi connectivity index (χ0) is 9.97. The van der Waals surface area contributed by atoms with Gasteiger partial charge in [-0.2, -0.15) is 5.10 Å². The van der Waals surface area contributed by atoms with Crippen LogP contribution in [0.25, 0.3) is 0 Å². The molecule has 0 spiro atoms. The summed E-state index contributed by atoms with van der Waals surface area (Å²) in [5.41, 5.74) is 2.39. The molecule has 1 saturated heterocycles. The maximum absolute atomic E-state index is 5.30. The first-order chi connectivity index (χ1) is 6.75. The van der Waals surface area contributed by atoms with E-state index in [4.69, 9.17) is 4.74 Å². The molecule has 4 nitrogen and oxygen atoms in total. The first-order valence-corrected chi connectivity index (χ1v) is 5.06. The molecule has 1 atom stereocenters. The maximum atomic E-state index is 5.30. The van der Waals surface area contributed by atoms with Crippen LogP contribution in [0, 0.1) is 6.92 Å². The second-order valence-corrected chi connectivity index (χ2v) is 3.85.